The SMILES string of the molecule is N#Cc1ccc(F)cc1COc1ccc(F)cc1B(O)O. The van der Waals surface area contributed by atoms with E-state index in [0.717, 1.165) is 24.3 Å². The number of benzene rings is 2. The number of nitriles is 1. The molecule has 106 valence electrons. The van der Waals surface area contributed by atoms with Crippen LogP contribution < -0.4 is 10.2 Å². The zero-order valence-electron chi connectivity index (χ0n) is 10.8. The van der Waals surface area contributed by atoms with E-state index in [2.05, 4.69) is 0 Å². The molecule has 7 heteroatoms. The number of halogens is 2. The quantitative estimate of drug-likeness (QED) is 0.826. The van der Waals surface area contributed by atoms with Crippen LogP contribution in [0.15, 0.2) is 36.4 Å². The van der Waals surface area contributed by atoms with Gasteiger partial charge < -0.3 is 14.8 Å². The molecule has 4 nitrogen and oxygen atoms in total. The van der Waals surface area contributed by atoms with Crippen LogP contribution in [0.3, 0.4) is 0 Å². The van der Waals surface area contributed by atoms with Crippen molar-refractivity contribution in [1.29, 1.82) is 5.26 Å². The molecule has 0 fully saturated rings. The molecule has 0 amide bonds. The van der Waals surface area contributed by atoms with Crippen LogP contribution in [0.25, 0.3) is 0 Å². The lowest BCUT2D eigenvalue weighted by Crippen LogP contribution is -2.31. The van der Waals surface area contributed by atoms with Crippen molar-refractivity contribution in [1.82, 2.24) is 0 Å². The van der Waals surface area contributed by atoms with Crippen LogP contribution in [0.1, 0.15) is 11.1 Å². The van der Waals surface area contributed by atoms with Gasteiger partial charge in [-0.3, -0.25) is 0 Å². The summed E-state index contributed by atoms with van der Waals surface area (Å²) in [4.78, 5) is 0. The molecule has 0 aliphatic heterocycles. The predicted molar refractivity (Wildman–Crippen MR) is 71.7 cm³/mol. The lowest BCUT2D eigenvalue weighted by molar-refractivity contribution is 0.305. The molecule has 2 N–H and O–H groups in total. The molecule has 0 unspecified atom stereocenters. The van der Waals surface area contributed by atoms with E-state index in [0.29, 0.717) is 5.56 Å². The van der Waals surface area contributed by atoms with E-state index in [9.17, 15) is 8.78 Å². The summed E-state index contributed by atoms with van der Waals surface area (Å²) < 4.78 is 31.6. The number of hydrogen-bond acceptors (Lipinski definition) is 4. The minimum absolute atomic E-state index is 0.0413. The fourth-order valence-electron chi connectivity index (χ4n) is 1.80. The van der Waals surface area contributed by atoms with E-state index in [-0.39, 0.29) is 23.4 Å². The number of ether oxygens (including phenoxy) is 1. The Bertz CT molecular complexity index is 701. The Morgan fingerprint density at radius 1 is 1.10 bits per heavy atom. The molecule has 2 aromatic carbocycles. The van der Waals surface area contributed by atoms with Crippen LogP contribution in [-0.4, -0.2) is 17.2 Å². The topological polar surface area (TPSA) is 73.5 Å². The van der Waals surface area contributed by atoms with E-state index in [1.165, 1.54) is 12.1 Å². The van der Waals surface area contributed by atoms with Gasteiger partial charge in [0.25, 0.3) is 0 Å². The predicted octanol–water partition coefficient (Wildman–Crippen LogP) is 1.10. The van der Waals surface area contributed by atoms with Gasteiger partial charge in [-0.2, -0.15) is 5.26 Å². The third kappa shape index (κ3) is 3.57. The van der Waals surface area contributed by atoms with Crippen LogP contribution in [0.4, 0.5) is 8.78 Å². The molecule has 0 aliphatic carbocycles. The summed E-state index contributed by atoms with van der Waals surface area (Å²) in [5, 5.41) is 27.3. The molecular formula is C14H10BF2NO3. The summed E-state index contributed by atoms with van der Waals surface area (Å²) in [6.07, 6.45) is 0. The van der Waals surface area contributed by atoms with Gasteiger partial charge in [0.15, 0.2) is 0 Å². The number of hydrogen-bond donors (Lipinski definition) is 2. The maximum atomic E-state index is 13.2. The average Bonchev–Trinajstić information content (AvgIpc) is 2.46. The first kappa shape index (κ1) is 15.0. The van der Waals surface area contributed by atoms with Crippen LogP contribution >= 0.6 is 0 Å². The van der Waals surface area contributed by atoms with E-state index in [1.54, 1.807) is 0 Å². The van der Waals surface area contributed by atoms with Gasteiger partial charge in [0.2, 0.25) is 0 Å². The summed E-state index contributed by atoms with van der Waals surface area (Å²) >= 11 is 0. The van der Waals surface area contributed by atoms with Crippen LogP contribution in [0, 0.1) is 23.0 Å². The van der Waals surface area contributed by atoms with Crippen molar-refractivity contribution in [2.75, 3.05) is 0 Å². The first-order chi connectivity index (χ1) is 10.0. The molecule has 2 aromatic rings. The number of rotatable bonds is 4. The van der Waals surface area contributed by atoms with Crippen molar-refractivity contribution in [2.24, 2.45) is 0 Å². The third-order valence-electron chi connectivity index (χ3n) is 2.82. The Morgan fingerprint density at radius 3 is 2.43 bits per heavy atom. The molecule has 0 saturated heterocycles. The molecule has 0 radical (unpaired) electrons. The van der Waals surface area contributed by atoms with Gasteiger partial charge in [-0.05, 0) is 36.4 Å². The van der Waals surface area contributed by atoms with Gasteiger partial charge >= 0.3 is 7.12 Å². The highest BCUT2D eigenvalue weighted by atomic mass is 19.1. The summed E-state index contributed by atoms with van der Waals surface area (Å²) in [5.41, 5.74) is 0.398. The molecule has 0 bridgehead atoms. The summed E-state index contributed by atoms with van der Waals surface area (Å²) in [6.45, 7) is -0.161. The molecule has 21 heavy (non-hydrogen) atoms. The fraction of sp³-hybridized carbons (Fsp3) is 0.0714. The molecule has 0 aromatic heterocycles. The lowest BCUT2D eigenvalue weighted by Gasteiger charge is -2.12. The largest absolute Gasteiger partial charge is 0.492 e. The van der Waals surface area contributed by atoms with Crippen molar-refractivity contribution >= 4 is 12.6 Å². The minimum Gasteiger partial charge on any atom is -0.489 e. The monoisotopic (exact) mass is 289 g/mol. The van der Waals surface area contributed by atoms with Gasteiger partial charge in [0.05, 0.1) is 11.6 Å². The Kier molecular flexibility index (Phi) is 4.53. The normalized spacial score (nSPS) is 10.0. The van der Waals surface area contributed by atoms with Crippen molar-refractivity contribution in [3.8, 4) is 11.8 Å². The Hall–Kier alpha value is -2.43. The molecule has 0 saturated carbocycles. The Balaban J connectivity index is 2.25. The summed E-state index contributed by atoms with van der Waals surface area (Å²) in [7, 11) is -1.90. The molecule has 0 atom stereocenters. The minimum atomic E-state index is -1.90. The Labute approximate surface area is 120 Å². The van der Waals surface area contributed by atoms with Gasteiger partial charge in [-0.15, -0.1) is 0 Å². The van der Waals surface area contributed by atoms with E-state index in [4.69, 9.17) is 20.0 Å². The Morgan fingerprint density at radius 2 is 1.76 bits per heavy atom. The van der Waals surface area contributed by atoms with E-state index < -0.39 is 18.8 Å². The highest BCUT2D eigenvalue weighted by Gasteiger charge is 2.18. The molecule has 0 aliphatic rings. The van der Waals surface area contributed by atoms with Crippen LogP contribution in [-0.2, 0) is 6.61 Å². The van der Waals surface area contributed by atoms with Crippen LogP contribution in [0.2, 0.25) is 0 Å². The second-order valence-electron chi connectivity index (χ2n) is 4.26. The molecule has 2 rings (SSSR count). The number of nitrogens with zero attached hydrogens (tertiary/aromatic N) is 1. The van der Waals surface area contributed by atoms with Gasteiger partial charge in [0.1, 0.15) is 24.0 Å². The van der Waals surface area contributed by atoms with E-state index >= 15 is 0 Å². The molecular weight excluding hydrogens is 279 g/mol. The first-order valence-corrected chi connectivity index (χ1v) is 5.98. The van der Waals surface area contributed by atoms with Gasteiger partial charge in [-0.1, -0.05) is 0 Å². The summed E-state index contributed by atoms with van der Waals surface area (Å²) in [5.74, 6) is -1.12. The van der Waals surface area contributed by atoms with Crippen molar-refractivity contribution in [3.63, 3.8) is 0 Å². The molecule has 0 spiro atoms. The van der Waals surface area contributed by atoms with Crippen molar-refractivity contribution in [2.45, 2.75) is 6.61 Å². The maximum absolute atomic E-state index is 13.2. The van der Waals surface area contributed by atoms with Gasteiger partial charge in [0, 0.05) is 11.0 Å². The second-order valence-corrected chi connectivity index (χ2v) is 4.26. The zero-order valence-corrected chi connectivity index (χ0v) is 10.8. The highest BCUT2D eigenvalue weighted by molar-refractivity contribution is 6.59. The second kappa shape index (κ2) is 6.35. The molecule has 0 heterocycles. The smallest absolute Gasteiger partial charge is 0.489 e. The van der Waals surface area contributed by atoms with Gasteiger partial charge in [-0.25, -0.2) is 8.78 Å². The van der Waals surface area contributed by atoms with Crippen LogP contribution in [0.5, 0.6) is 5.75 Å². The average molecular weight is 289 g/mol. The first-order valence-electron chi connectivity index (χ1n) is 5.98. The lowest BCUT2D eigenvalue weighted by atomic mass is 9.79. The zero-order chi connectivity index (χ0) is 15.4. The third-order valence-corrected chi connectivity index (χ3v) is 2.82. The maximum Gasteiger partial charge on any atom is 0.492 e. The van der Waals surface area contributed by atoms with Crippen molar-refractivity contribution in [3.05, 3.63) is 59.2 Å². The van der Waals surface area contributed by atoms with Crippen molar-refractivity contribution < 1.29 is 23.6 Å². The standard InChI is InChI=1S/C14H10BF2NO3/c16-11-2-1-9(7-18)10(5-11)8-21-14-4-3-12(17)6-13(14)15(19)20/h1-6,19-20H,8H2. The van der Waals surface area contributed by atoms with E-state index in [1.807, 2.05) is 6.07 Å². The fourth-order valence-corrected chi connectivity index (χ4v) is 1.80. The summed E-state index contributed by atoms with van der Waals surface area (Å²) in [6, 6.07) is 8.78. The highest BCUT2D eigenvalue weighted by Crippen LogP contribution is 2.15.